The van der Waals surface area contributed by atoms with Crippen LogP contribution in [0.4, 0.5) is 0 Å². The number of rotatable bonds is 11. The lowest BCUT2D eigenvalue weighted by molar-refractivity contribution is 0.181. The second-order valence-electron chi connectivity index (χ2n) is 7.75. The zero-order chi connectivity index (χ0) is 21.7. The lowest BCUT2D eigenvalue weighted by Gasteiger charge is -2.32. The summed E-state index contributed by atoms with van der Waals surface area (Å²) < 4.78 is 11.5. The van der Waals surface area contributed by atoms with Crippen LogP contribution in [0, 0.1) is 22.7 Å². The quantitative estimate of drug-likeness (QED) is 0.560. The molecule has 162 valence electrons. The van der Waals surface area contributed by atoms with Gasteiger partial charge in [-0.1, -0.05) is 0 Å². The smallest absolute Gasteiger partial charge is 0.119 e. The minimum Gasteiger partial charge on any atom is -0.494 e. The van der Waals surface area contributed by atoms with Crippen LogP contribution in [-0.4, -0.2) is 50.3 Å². The van der Waals surface area contributed by atoms with Gasteiger partial charge in [0.25, 0.3) is 0 Å². The van der Waals surface area contributed by atoms with Gasteiger partial charge in [0.05, 0.1) is 36.5 Å². The van der Waals surface area contributed by atoms with Crippen LogP contribution in [0.1, 0.15) is 36.8 Å². The number of benzene rings is 2. The molecule has 0 aliphatic carbocycles. The standard InChI is InChI=1S/C25H30N4O2/c26-19-21-3-7-24(8-4-21)30-17-1-13-28-23-11-15-29(16-12-23)14-2-18-31-25-9-5-22(20-27)6-10-25/h3-10,23,28H,1-2,11-18H2. The number of ether oxygens (including phenoxy) is 2. The Hall–Kier alpha value is -3.06. The summed E-state index contributed by atoms with van der Waals surface area (Å²) in [7, 11) is 0. The number of piperidine rings is 1. The Morgan fingerprint density at radius 2 is 1.32 bits per heavy atom. The van der Waals surface area contributed by atoms with Crippen LogP contribution < -0.4 is 14.8 Å². The molecule has 0 spiro atoms. The molecule has 31 heavy (non-hydrogen) atoms. The van der Waals surface area contributed by atoms with Gasteiger partial charge in [0.15, 0.2) is 0 Å². The van der Waals surface area contributed by atoms with E-state index < -0.39 is 0 Å². The Balaban J connectivity index is 1.19. The van der Waals surface area contributed by atoms with Gasteiger partial charge in [-0.2, -0.15) is 10.5 Å². The van der Waals surface area contributed by atoms with E-state index in [0.29, 0.717) is 30.4 Å². The van der Waals surface area contributed by atoms with Crippen LogP contribution in [0.3, 0.4) is 0 Å². The van der Waals surface area contributed by atoms with Gasteiger partial charge in [-0.05, 0) is 93.8 Å². The van der Waals surface area contributed by atoms with Crippen molar-refractivity contribution in [3.63, 3.8) is 0 Å². The molecule has 1 saturated heterocycles. The first-order valence-corrected chi connectivity index (χ1v) is 11.0. The van der Waals surface area contributed by atoms with E-state index in [1.165, 1.54) is 12.8 Å². The fourth-order valence-electron chi connectivity index (χ4n) is 3.66. The summed E-state index contributed by atoms with van der Waals surface area (Å²) in [5.41, 5.74) is 1.31. The summed E-state index contributed by atoms with van der Waals surface area (Å²) in [6, 6.07) is 19.3. The molecular weight excluding hydrogens is 388 g/mol. The van der Waals surface area contributed by atoms with Crippen LogP contribution in [0.2, 0.25) is 0 Å². The largest absolute Gasteiger partial charge is 0.494 e. The monoisotopic (exact) mass is 418 g/mol. The Kier molecular flexibility index (Phi) is 9.19. The van der Waals surface area contributed by atoms with Crippen molar-refractivity contribution >= 4 is 0 Å². The molecule has 1 aliphatic rings. The third-order valence-electron chi connectivity index (χ3n) is 5.46. The van der Waals surface area contributed by atoms with Gasteiger partial charge in [-0.15, -0.1) is 0 Å². The van der Waals surface area contributed by atoms with Crippen molar-refractivity contribution in [2.24, 2.45) is 0 Å². The normalized spacial score (nSPS) is 14.5. The molecule has 0 aromatic heterocycles. The van der Waals surface area contributed by atoms with Crippen molar-refractivity contribution in [2.75, 3.05) is 39.4 Å². The number of nitrogens with one attached hydrogen (secondary N) is 1. The van der Waals surface area contributed by atoms with Gasteiger partial charge in [-0.25, -0.2) is 0 Å². The molecule has 1 heterocycles. The van der Waals surface area contributed by atoms with Crippen molar-refractivity contribution < 1.29 is 9.47 Å². The van der Waals surface area contributed by atoms with Gasteiger partial charge in [0.2, 0.25) is 0 Å². The van der Waals surface area contributed by atoms with Crippen LogP contribution in [-0.2, 0) is 0 Å². The first kappa shape index (κ1) is 22.6. The van der Waals surface area contributed by atoms with Gasteiger partial charge >= 0.3 is 0 Å². The second kappa shape index (κ2) is 12.6. The van der Waals surface area contributed by atoms with Crippen LogP contribution in [0.15, 0.2) is 48.5 Å². The van der Waals surface area contributed by atoms with E-state index >= 15 is 0 Å². The topological polar surface area (TPSA) is 81.3 Å². The molecule has 2 aromatic carbocycles. The highest BCUT2D eigenvalue weighted by Crippen LogP contribution is 2.14. The van der Waals surface area contributed by atoms with Gasteiger partial charge < -0.3 is 19.7 Å². The summed E-state index contributed by atoms with van der Waals surface area (Å²) in [6.45, 7) is 5.63. The summed E-state index contributed by atoms with van der Waals surface area (Å²) in [5.74, 6) is 1.64. The Bertz CT molecular complexity index is 860. The molecule has 1 fully saturated rings. The summed E-state index contributed by atoms with van der Waals surface area (Å²) in [6.07, 6.45) is 4.32. The van der Waals surface area contributed by atoms with Crippen LogP contribution in [0.5, 0.6) is 11.5 Å². The molecule has 0 bridgehead atoms. The highest BCUT2D eigenvalue weighted by atomic mass is 16.5. The Morgan fingerprint density at radius 1 is 0.806 bits per heavy atom. The molecule has 6 heteroatoms. The van der Waals surface area contributed by atoms with E-state index in [9.17, 15) is 0 Å². The average Bonchev–Trinajstić information content (AvgIpc) is 2.83. The van der Waals surface area contributed by atoms with E-state index in [1.54, 1.807) is 24.3 Å². The zero-order valence-electron chi connectivity index (χ0n) is 17.9. The number of hydrogen-bond donors (Lipinski definition) is 1. The minimum atomic E-state index is 0.584. The van der Waals surface area contributed by atoms with Crippen LogP contribution >= 0.6 is 0 Å². The molecule has 0 saturated carbocycles. The van der Waals surface area contributed by atoms with Gasteiger partial charge in [0, 0.05) is 12.6 Å². The first-order valence-electron chi connectivity index (χ1n) is 11.0. The lowest BCUT2D eigenvalue weighted by Crippen LogP contribution is -2.43. The van der Waals surface area contributed by atoms with Crippen molar-refractivity contribution in [2.45, 2.75) is 31.7 Å². The molecule has 0 radical (unpaired) electrons. The Labute approximate surface area is 185 Å². The van der Waals surface area contributed by atoms with E-state index in [0.717, 1.165) is 50.5 Å². The molecular formula is C25H30N4O2. The number of likely N-dealkylation sites (tertiary alicyclic amines) is 1. The van der Waals surface area contributed by atoms with Crippen LogP contribution in [0.25, 0.3) is 0 Å². The molecule has 3 rings (SSSR count). The predicted octanol–water partition coefficient (Wildman–Crippen LogP) is 3.72. The molecule has 2 aromatic rings. The predicted molar refractivity (Wildman–Crippen MR) is 120 cm³/mol. The maximum Gasteiger partial charge on any atom is 0.119 e. The SMILES string of the molecule is N#Cc1ccc(OCCCNC2CCN(CCCOc3ccc(C#N)cc3)CC2)cc1. The molecule has 6 nitrogen and oxygen atoms in total. The molecule has 0 atom stereocenters. The average molecular weight is 419 g/mol. The molecule has 0 unspecified atom stereocenters. The molecule has 1 aliphatic heterocycles. The highest BCUT2D eigenvalue weighted by molar-refractivity contribution is 5.35. The maximum atomic E-state index is 8.82. The Morgan fingerprint density at radius 3 is 1.84 bits per heavy atom. The third kappa shape index (κ3) is 7.94. The zero-order valence-corrected chi connectivity index (χ0v) is 17.9. The molecule has 1 N–H and O–H groups in total. The van der Waals surface area contributed by atoms with Gasteiger partial charge in [-0.3, -0.25) is 0 Å². The number of hydrogen-bond acceptors (Lipinski definition) is 6. The van der Waals surface area contributed by atoms with Crippen molar-refractivity contribution in [3.8, 4) is 23.6 Å². The van der Waals surface area contributed by atoms with E-state index in [4.69, 9.17) is 20.0 Å². The second-order valence-corrected chi connectivity index (χ2v) is 7.75. The highest BCUT2D eigenvalue weighted by Gasteiger charge is 2.18. The maximum absolute atomic E-state index is 8.82. The molecule has 0 amide bonds. The van der Waals surface area contributed by atoms with E-state index in [-0.39, 0.29) is 0 Å². The summed E-state index contributed by atoms with van der Waals surface area (Å²) in [4.78, 5) is 2.51. The fourth-order valence-corrected chi connectivity index (χ4v) is 3.66. The third-order valence-corrected chi connectivity index (χ3v) is 5.46. The lowest BCUT2D eigenvalue weighted by atomic mass is 10.0. The number of nitrogens with zero attached hydrogens (tertiary/aromatic N) is 3. The fraction of sp³-hybridized carbons (Fsp3) is 0.440. The van der Waals surface area contributed by atoms with Crippen molar-refractivity contribution in [1.82, 2.24) is 10.2 Å². The minimum absolute atomic E-state index is 0.584. The van der Waals surface area contributed by atoms with Gasteiger partial charge in [0.1, 0.15) is 11.5 Å². The van der Waals surface area contributed by atoms with E-state index in [1.807, 2.05) is 24.3 Å². The van der Waals surface area contributed by atoms with Crippen molar-refractivity contribution in [1.29, 1.82) is 10.5 Å². The van der Waals surface area contributed by atoms with E-state index in [2.05, 4.69) is 22.4 Å². The first-order chi connectivity index (χ1) is 15.3. The number of nitriles is 2. The summed E-state index contributed by atoms with van der Waals surface area (Å²) in [5, 5.41) is 21.3. The van der Waals surface area contributed by atoms with Crippen molar-refractivity contribution in [3.05, 3.63) is 59.7 Å². The summed E-state index contributed by atoms with van der Waals surface area (Å²) >= 11 is 0.